The fraction of sp³-hybridized carbons (Fsp3) is 0.250. The SMILES string of the molecule is O=C(NCc1ccc2c(c1)OCO2)c1ccc(-c2ccc(N3CCSCC3)nc2)cc1. The van der Waals surface area contributed by atoms with Crippen molar-refractivity contribution in [2.24, 2.45) is 0 Å². The summed E-state index contributed by atoms with van der Waals surface area (Å²) in [6, 6.07) is 17.5. The molecule has 0 atom stereocenters. The zero-order valence-corrected chi connectivity index (χ0v) is 17.9. The Morgan fingerprint density at radius 2 is 1.74 bits per heavy atom. The van der Waals surface area contributed by atoms with Crippen LogP contribution in [0.3, 0.4) is 0 Å². The maximum Gasteiger partial charge on any atom is 0.251 e. The highest BCUT2D eigenvalue weighted by Gasteiger charge is 2.14. The van der Waals surface area contributed by atoms with Gasteiger partial charge >= 0.3 is 0 Å². The largest absolute Gasteiger partial charge is 0.454 e. The van der Waals surface area contributed by atoms with Crippen LogP contribution in [0.4, 0.5) is 5.82 Å². The molecule has 6 nitrogen and oxygen atoms in total. The van der Waals surface area contributed by atoms with E-state index in [2.05, 4.69) is 27.3 Å². The first kappa shape index (κ1) is 19.8. The molecule has 1 fully saturated rings. The summed E-state index contributed by atoms with van der Waals surface area (Å²) in [4.78, 5) is 19.5. The molecule has 0 bridgehead atoms. The Hall–Kier alpha value is -3.19. The average Bonchev–Trinajstić information content (AvgIpc) is 3.31. The minimum atomic E-state index is -0.111. The summed E-state index contributed by atoms with van der Waals surface area (Å²) in [5.74, 6) is 4.69. The molecule has 5 rings (SSSR count). The van der Waals surface area contributed by atoms with Crippen molar-refractivity contribution in [2.75, 3.05) is 36.3 Å². The zero-order valence-electron chi connectivity index (χ0n) is 17.0. The summed E-state index contributed by atoms with van der Waals surface area (Å²) in [5.41, 5.74) is 3.68. The van der Waals surface area contributed by atoms with Gasteiger partial charge in [-0.3, -0.25) is 4.79 Å². The summed E-state index contributed by atoms with van der Waals surface area (Å²) >= 11 is 1.99. The van der Waals surface area contributed by atoms with Crippen LogP contribution < -0.4 is 19.7 Å². The van der Waals surface area contributed by atoms with E-state index < -0.39 is 0 Å². The second-order valence-corrected chi connectivity index (χ2v) is 8.68. The Labute approximate surface area is 185 Å². The zero-order chi connectivity index (χ0) is 21.0. The lowest BCUT2D eigenvalue weighted by molar-refractivity contribution is 0.0951. The molecule has 0 radical (unpaired) electrons. The molecule has 158 valence electrons. The van der Waals surface area contributed by atoms with Crippen LogP contribution in [0.5, 0.6) is 11.5 Å². The quantitative estimate of drug-likeness (QED) is 0.657. The van der Waals surface area contributed by atoms with E-state index in [-0.39, 0.29) is 12.7 Å². The van der Waals surface area contributed by atoms with Gasteiger partial charge in [-0.05, 0) is 47.5 Å². The molecule has 0 aliphatic carbocycles. The van der Waals surface area contributed by atoms with E-state index >= 15 is 0 Å². The monoisotopic (exact) mass is 433 g/mol. The first-order valence-electron chi connectivity index (χ1n) is 10.3. The minimum absolute atomic E-state index is 0.111. The van der Waals surface area contributed by atoms with Crippen LogP contribution in [0.25, 0.3) is 11.1 Å². The number of benzene rings is 2. The molecule has 3 aromatic rings. The Kier molecular flexibility index (Phi) is 5.67. The van der Waals surface area contributed by atoms with Gasteiger partial charge in [0, 0.05) is 48.5 Å². The highest BCUT2D eigenvalue weighted by atomic mass is 32.2. The van der Waals surface area contributed by atoms with Crippen LogP contribution in [0.15, 0.2) is 60.8 Å². The van der Waals surface area contributed by atoms with Crippen molar-refractivity contribution in [1.82, 2.24) is 10.3 Å². The Balaban J connectivity index is 1.20. The Morgan fingerprint density at radius 1 is 0.968 bits per heavy atom. The summed E-state index contributed by atoms with van der Waals surface area (Å²) in [6.45, 7) is 2.77. The lowest BCUT2D eigenvalue weighted by atomic mass is 10.1. The van der Waals surface area contributed by atoms with Gasteiger partial charge in [-0.15, -0.1) is 0 Å². The van der Waals surface area contributed by atoms with Gasteiger partial charge in [-0.1, -0.05) is 18.2 Å². The van der Waals surface area contributed by atoms with Crippen molar-refractivity contribution < 1.29 is 14.3 Å². The first-order valence-corrected chi connectivity index (χ1v) is 11.5. The van der Waals surface area contributed by atoms with Gasteiger partial charge in [0.2, 0.25) is 6.79 Å². The third-order valence-electron chi connectivity index (χ3n) is 5.45. The molecular formula is C24H23N3O3S. The van der Waals surface area contributed by atoms with E-state index in [1.165, 1.54) is 0 Å². The van der Waals surface area contributed by atoms with Gasteiger partial charge in [0.1, 0.15) is 5.82 Å². The normalized spacial score (nSPS) is 15.0. The van der Waals surface area contributed by atoms with Gasteiger partial charge < -0.3 is 19.7 Å². The number of rotatable bonds is 5. The summed E-state index contributed by atoms with van der Waals surface area (Å²) in [5, 5.41) is 2.95. The number of thioether (sulfide) groups is 1. The van der Waals surface area contributed by atoms with Crippen molar-refractivity contribution in [2.45, 2.75) is 6.54 Å². The predicted molar refractivity (Wildman–Crippen MR) is 123 cm³/mol. The van der Waals surface area contributed by atoms with E-state index in [9.17, 15) is 4.79 Å². The highest BCUT2D eigenvalue weighted by Crippen LogP contribution is 2.32. The van der Waals surface area contributed by atoms with Gasteiger partial charge in [0.25, 0.3) is 5.91 Å². The molecule has 2 aromatic carbocycles. The standard InChI is InChI=1S/C24H23N3O3S/c28-24(26-14-17-1-7-21-22(13-17)30-16-29-21)19-4-2-18(3-5-19)20-6-8-23(25-15-20)27-9-11-31-12-10-27/h1-8,13,15H,9-12,14,16H2,(H,26,28). The van der Waals surface area contributed by atoms with Gasteiger partial charge in [0.05, 0.1) is 0 Å². The number of anilines is 1. The number of nitrogens with zero attached hydrogens (tertiary/aromatic N) is 2. The number of nitrogens with one attached hydrogen (secondary N) is 1. The van der Waals surface area contributed by atoms with Crippen molar-refractivity contribution in [3.05, 3.63) is 71.9 Å². The molecule has 2 aliphatic rings. The van der Waals surface area contributed by atoms with Crippen molar-refractivity contribution in [1.29, 1.82) is 0 Å². The number of hydrogen-bond donors (Lipinski definition) is 1. The fourth-order valence-corrected chi connectivity index (χ4v) is 4.59. The van der Waals surface area contributed by atoms with Crippen LogP contribution in [-0.4, -0.2) is 42.3 Å². The number of aromatic nitrogens is 1. The Morgan fingerprint density at radius 3 is 2.52 bits per heavy atom. The molecule has 31 heavy (non-hydrogen) atoms. The maximum absolute atomic E-state index is 12.5. The maximum atomic E-state index is 12.5. The van der Waals surface area contributed by atoms with Crippen LogP contribution >= 0.6 is 11.8 Å². The molecular weight excluding hydrogens is 410 g/mol. The number of carbonyl (C=O) groups is 1. The third-order valence-corrected chi connectivity index (χ3v) is 6.40. The second kappa shape index (κ2) is 8.89. The summed E-state index contributed by atoms with van der Waals surface area (Å²) in [6.07, 6.45) is 1.91. The van der Waals surface area contributed by atoms with Crippen LogP contribution in [-0.2, 0) is 6.54 Å². The number of amides is 1. The van der Waals surface area contributed by atoms with Crippen molar-refractivity contribution >= 4 is 23.5 Å². The number of carbonyl (C=O) groups excluding carboxylic acids is 1. The van der Waals surface area contributed by atoms with Gasteiger partial charge in [0.15, 0.2) is 11.5 Å². The smallest absolute Gasteiger partial charge is 0.251 e. The average molecular weight is 434 g/mol. The number of hydrogen-bond acceptors (Lipinski definition) is 6. The van der Waals surface area contributed by atoms with Crippen molar-refractivity contribution in [3.63, 3.8) is 0 Å². The number of pyridine rings is 1. The minimum Gasteiger partial charge on any atom is -0.454 e. The highest BCUT2D eigenvalue weighted by molar-refractivity contribution is 7.99. The van der Waals surface area contributed by atoms with Crippen LogP contribution in [0.2, 0.25) is 0 Å². The number of fused-ring (bicyclic) bond motifs is 1. The van der Waals surface area contributed by atoms with Crippen LogP contribution in [0.1, 0.15) is 15.9 Å². The summed E-state index contributed by atoms with van der Waals surface area (Å²) in [7, 11) is 0. The fourth-order valence-electron chi connectivity index (χ4n) is 3.69. The molecule has 2 aliphatic heterocycles. The molecule has 1 amide bonds. The van der Waals surface area contributed by atoms with Crippen molar-refractivity contribution in [3.8, 4) is 22.6 Å². The molecule has 0 saturated carbocycles. The van der Waals surface area contributed by atoms with E-state index in [1.807, 2.05) is 60.4 Å². The molecule has 3 heterocycles. The molecule has 1 N–H and O–H groups in total. The lowest BCUT2D eigenvalue weighted by Gasteiger charge is -2.27. The molecule has 1 aromatic heterocycles. The second-order valence-electron chi connectivity index (χ2n) is 7.45. The molecule has 0 spiro atoms. The molecule has 7 heteroatoms. The predicted octanol–water partition coefficient (Wildman–Crippen LogP) is 3.96. The lowest BCUT2D eigenvalue weighted by Crippen LogP contribution is -2.32. The Bertz CT molecular complexity index is 1060. The topological polar surface area (TPSA) is 63.7 Å². The van der Waals surface area contributed by atoms with Gasteiger partial charge in [-0.25, -0.2) is 4.98 Å². The first-order chi connectivity index (χ1) is 15.3. The van der Waals surface area contributed by atoms with E-state index in [4.69, 9.17) is 9.47 Å². The van der Waals surface area contributed by atoms with Crippen LogP contribution in [0, 0.1) is 0 Å². The van der Waals surface area contributed by atoms with Gasteiger partial charge in [-0.2, -0.15) is 11.8 Å². The summed E-state index contributed by atoms with van der Waals surface area (Å²) < 4.78 is 10.7. The van der Waals surface area contributed by atoms with E-state index in [1.54, 1.807) is 0 Å². The number of ether oxygens (including phenoxy) is 2. The molecule has 1 saturated heterocycles. The third kappa shape index (κ3) is 4.46. The van der Waals surface area contributed by atoms with E-state index in [0.717, 1.165) is 58.6 Å². The molecule has 0 unspecified atom stereocenters. The van der Waals surface area contributed by atoms with E-state index in [0.29, 0.717) is 12.1 Å².